The summed E-state index contributed by atoms with van der Waals surface area (Å²) in [6, 6.07) is 17.7. The molecule has 0 saturated carbocycles. The summed E-state index contributed by atoms with van der Waals surface area (Å²) in [5, 5.41) is 0. The first-order valence-corrected chi connectivity index (χ1v) is 6.16. The standard InChI is InChI=1S/C16H16O4/c1-18-16(19-2,20-14-11-7-4-8-12-14)15(17)13-9-5-3-6-10-13/h3-12H,1-2H3. The first-order valence-electron chi connectivity index (χ1n) is 6.16. The maximum absolute atomic E-state index is 12.6. The minimum atomic E-state index is -1.79. The minimum Gasteiger partial charge on any atom is -0.433 e. The number of para-hydroxylation sites is 1. The van der Waals surface area contributed by atoms with Gasteiger partial charge in [0.1, 0.15) is 5.75 Å². The van der Waals surface area contributed by atoms with Crippen LogP contribution in [0, 0.1) is 0 Å². The van der Waals surface area contributed by atoms with E-state index in [1.165, 1.54) is 14.2 Å². The van der Waals surface area contributed by atoms with E-state index in [0.29, 0.717) is 11.3 Å². The van der Waals surface area contributed by atoms with Gasteiger partial charge in [-0.15, -0.1) is 0 Å². The van der Waals surface area contributed by atoms with Crippen molar-refractivity contribution in [2.24, 2.45) is 0 Å². The van der Waals surface area contributed by atoms with Gasteiger partial charge in [0.25, 0.3) is 5.78 Å². The fourth-order valence-corrected chi connectivity index (χ4v) is 1.81. The summed E-state index contributed by atoms with van der Waals surface area (Å²) in [5.74, 6) is -1.70. The van der Waals surface area contributed by atoms with Gasteiger partial charge in [0.2, 0.25) is 0 Å². The second kappa shape index (κ2) is 6.32. The molecule has 2 aromatic rings. The molecule has 20 heavy (non-hydrogen) atoms. The van der Waals surface area contributed by atoms with Gasteiger partial charge in [-0.05, 0) is 12.1 Å². The molecule has 0 spiro atoms. The lowest BCUT2D eigenvalue weighted by molar-refractivity contribution is -0.281. The van der Waals surface area contributed by atoms with Crippen molar-refractivity contribution in [3.05, 3.63) is 66.2 Å². The number of ketones is 1. The van der Waals surface area contributed by atoms with Gasteiger partial charge in [-0.3, -0.25) is 4.79 Å². The normalized spacial score (nSPS) is 11.1. The van der Waals surface area contributed by atoms with Crippen LogP contribution in [0.2, 0.25) is 0 Å². The topological polar surface area (TPSA) is 44.8 Å². The highest BCUT2D eigenvalue weighted by atomic mass is 16.9. The lowest BCUT2D eigenvalue weighted by Gasteiger charge is -2.29. The quantitative estimate of drug-likeness (QED) is 0.599. The summed E-state index contributed by atoms with van der Waals surface area (Å²) >= 11 is 0. The van der Waals surface area contributed by atoms with Crippen molar-refractivity contribution in [2.45, 2.75) is 5.97 Å². The van der Waals surface area contributed by atoms with Crippen LogP contribution in [-0.4, -0.2) is 26.0 Å². The highest BCUT2D eigenvalue weighted by Gasteiger charge is 2.43. The molecule has 0 saturated heterocycles. The van der Waals surface area contributed by atoms with Crippen molar-refractivity contribution in [3.63, 3.8) is 0 Å². The average molecular weight is 272 g/mol. The molecule has 0 aliphatic rings. The van der Waals surface area contributed by atoms with Crippen molar-refractivity contribution in [3.8, 4) is 5.75 Å². The summed E-state index contributed by atoms with van der Waals surface area (Å²) in [6.07, 6.45) is 0. The molecule has 0 unspecified atom stereocenters. The summed E-state index contributed by atoms with van der Waals surface area (Å²) in [4.78, 5) is 12.6. The second-order valence-electron chi connectivity index (χ2n) is 4.07. The molecule has 0 radical (unpaired) electrons. The number of carbonyl (C=O) groups is 1. The summed E-state index contributed by atoms with van der Waals surface area (Å²) in [5.41, 5.74) is 0.451. The van der Waals surface area contributed by atoms with Gasteiger partial charge in [-0.2, -0.15) is 0 Å². The van der Waals surface area contributed by atoms with Crippen molar-refractivity contribution in [1.29, 1.82) is 0 Å². The molecule has 2 aromatic carbocycles. The van der Waals surface area contributed by atoms with Gasteiger partial charge in [-0.1, -0.05) is 48.5 Å². The first kappa shape index (κ1) is 14.2. The molecule has 0 heterocycles. The number of hydrogen-bond acceptors (Lipinski definition) is 4. The first-order chi connectivity index (χ1) is 9.72. The lowest BCUT2D eigenvalue weighted by atomic mass is 10.1. The Bertz CT molecular complexity index is 547. The number of Topliss-reactive ketones (excluding diaryl/α,β-unsaturated/α-hetero) is 1. The zero-order chi connectivity index (χ0) is 14.4. The Morgan fingerprint density at radius 2 is 1.35 bits per heavy atom. The predicted molar refractivity (Wildman–Crippen MR) is 74.6 cm³/mol. The Morgan fingerprint density at radius 3 is 1.85 bits per heavy atom. The minimum absolute atomic E-state index is 0.396. The smallest absolute Gasteiger partial charge is 0.395 e. The van der Waals surface area contributed by atoms with Crippen LogP contribution in [0.1, 0.15) is 10.4 Å². The van der Waals surface area contributed by atoms with Gasteiger partial charge < -0.3 is 14.2 Å². The van der Waals surface area contributed by atoms with E-state index in [1.54, 1.807) is 48.5 Å². The van der Waals surface area contributed by atoms with E-state index in [2.05, 4.69) is 0 Å². The van der Waals surface area contributed by atoms with Crippen molar-refractivity contribution in [2.75, 3.05) is 14.2 Å². The van der Waals surface area contributed by atoms with E-state index in [9.17, 15) is 4.79 Å². The second-order valence-corrected chi connectivity index (χ2v) is 4.07. The third kappa shape index (κ3) is 2.87. The Morgan fingerprint density at radius 1 is 0.850 bits per heavy atom. The van der Waals surface area contributed by atoms with E-state index in [-0.39, 0.29) is 0 Å². The van der Waals surface area contributed by atoms with Crippen molar-refractivity contribution in [1.82, 2.24) is 0 Å². The molecule has 0 bridgehead atoms. The Labute approximate surface area is 117 Å². The predicted octanol–water partition coefficient (Wildman–Crippen LogP) is 2.89. The molecule has 0 N–H and O–H groups in total. The van der Waals surface area contributed by atoms with Crippen LogP contribution in [0.5, 0.6) is 5.75 Å². The molecule has 0 aromatic heterocycles. The Balaban J connectivity index is 2.32. The van der Waals surface area contributed by atoms with Gasteiger partial charge in [0, 0.05) is 19.8 Å². The number of rotatable bonds is 6. The van der Waals surface area contributed by atoms with Gasteiger partial charge >= 0.3 is 5.97 Å². The van der Waals surface area contributed by atoms with E-state index in [4.69, 9.17) is 14.2 Å². The summed E-state index contributed by atoms with van der Waals surface area (Å²) in [7, 11) is 2.74. The number of benzene rings is 2. The Kier molecular flexibility index (Phi) is 4.50. The summed E-state index contributed by atoms with van der Waals surface area (Å²) < 4.78 is 16.0. The van der Waals surface area contributed by atoms with Crippen LogP contribution in [0.25, 0.3) is 0 Å². The molecule has 0 atom stereocenters. The molecule has 0 aliphatic carbocycles. The van der Waals surface area contributed by atoms with E-state index in [0.717, 1.165) is 0 Å². The third-order valence-electron chi connectivity index (χ3n) is 2.85. The molecule has 0 aliphatic heterocycles. The molecular weight excluding hydrogens is 256 g/mol. The molecule has 0 fully saturated rings. The van der Waals surface area contributed by atoms with Crippen LogP contribution >= 0.6 is 0 Å². The summed E-state index contributed by atoms with van der Waals surface area (Å²) in [6.45, 7) is 0. The van der Waals surface area contributed by atoms with E-state index < -0.39 is 11.8 Å². The Hall–Kier alpha value is -2.17. The van der Waals surface area contributed by atoms with Crippen molar-refractivity contribution >= 4 is 5.78 Å². The number of ether oxygens (including phenoxy) is 3. The van der Waals surface area contributed by atoms with Gasteiger partial charge in [0.05, 0.1) is 0 Å². The molecule has 104 valence electrons. The molecule has 4 nitrogen and oxygen atoms in total. The van der Waals surface area contributed by atoms with Crippen LogP contribution in [0.3, 0.4) is 0 Å². The van der Waals surface area contributed by atoms with Crippen LogP contribution in [0.4, 0.5) is 0 Å². The fourth-order valence-electron chi connectivity index (χ4n) is 1.81. The third-order valence-corrected chi connectivity index (χ3v) is 2.85. The van der Waals surface area contributed by atoms with E-state index >= 15 is 0 Å². The number of methoxy groups -OCH3 is 2. The molecular formula is C16H16O4. The zero-order valence-corrected chi connectivity index (χ0v) is 11.4. The maximum atomic E-state index is 12.6. The monoisotopic (exact) mass is 272 g/mol. The van der Waals surface area contributed by atoms with Gasteiger partial charge in [-0.25, -0.2) is 0 Å². The van der Waals surface area contributed by atoms with E-state index in [1.807, 2.05) is 12.1 Å². The van der Waals surface area contributed by atoms with Crippen molar-refractivity contribution < 1.29 is 19.0 Å². The molecule has 4 heteroatoms. The fraction of sp³-hybridized carbons (Fsp3) is 0.188. The molecule has 0 amide bonds. The maximum Gasteiger partial charge on any atom is 0.395 e. The van der Waals surface area contributed by atoms with Crippen LogP contribution in [0.15, 0.2) is 60.7 Å². The largest absolute Gasteiger partial charge is 0.433 e. The van der Waals surface area contributed by atoms with Crippen LogP contribution in [-0.2, 0) is 9.47 Å². The van der Waals surface area contributed by atoms with Crippen LogP contribution < -0.4 is 4.74 Å². The van der Waals surface area contributed by atoms with Gasteiger partial charge in [0.15, 0.2) is 0 Å². The zero-order valence-electron chi connectivity index (χ0n) is 11.4. The highest BCUT2D eigenvalue weighted by molar-refractivity contribution is 6.00. The lowest BCUT2D eigenvalue weighted by Crippen LogP contribution is -2.48. The molecule has 2 rings (SSSR count). The SMILES string of the molecule is COC(OC)(Oc1ccccc1)C(=O)c1ccccc1. The highest BCUT2D eigenvalue weighted by Crippen LogP contribution is 2.24. The number of hydrogen-bond donors (Lipinski definition) is 0. The number of carbonyl (C=O) groups excluding carboxylic acids is 1. The average Bonchev–Trinajstić information content (AvgIpc) is 2.54.